The predicted molar refractivity (Wildman–Crippen MR) is 132 cm³/mol. The molecule has 32 heavy (non-hydrogen) atoms. The van der Waals surface area contributed by atoms with Gasteiger partial charge in [-0.25, -0.2) is 4.98 Å². The first-order valence-corrected chi connectivity index (χ1v) is 12.3. The van der Waals surface area contributed by atoms with Crippen molar-refractivity contribution in [1.29, 1.82) is 0 Å². The zero-order valence-corrected chi connectivity index (χ0v) is 19.9. The number of hydrogen-bond donors (Lipinski definition) is 2. The molecule has 6 nitrogen and oxygen atoms in total. The first-order valence-electron chi connectivity index (χ1n) is 10.5. The minimum atomic E-state index is -0.215. The van der Waals surface area contributed by atoms with Gasteiger partial charge < -0.3 is 10.3 Å². The Labute approximate surface area is 196 Å². The quantitative estimate of drug-likeness (QED) is 0.368. The Morgan fingerprint density at radius 2 is 1.94 bits per heavy atom. The van der Waals surface area contributed by atoms with Gasteiger partial charge in [0.1, 0.15) is 5.82 Å². The molecule has 1 amide bonds. The zero-order chi connectivity index (χ0) is 22.7. The fourth-order valence-electron chi connectivity index (χ4n) is 3.85. The molecule has 0 aliphatic heterocycles. The molecule has 0 saturated heterocycles. The summed E-state index contributed by atoms with van der Waals surface area (Å²) in [5.41, 5.74) is 4.93. The lowest BCUT2D eigenvalue weighted by atomic mass is 10.1. The Morgan fingerprint density at radius 3 is 2.69 bits per heavy atom. The average Bonchev–Trinajstić information content (AvgIpc) is 3.33. The van der Waals surface area contributed by atoms with E-state index < -0.39 is 0 Å². The molecule has 4 aromatic rings. The lowest BCUT2D eigenvalue weighted by Gasteiger charge is -2.16. The van der Waals surface area contributed by atoms with Crippen LogP contribution in [0.3, 0.4) is 0 Å². The highest BCUT2D eigenvalue weighted by Gasteiger charge is 2.24. The number of amides is 1. The van der Waals surface area contributed by atoms with Crippen molar-refractivity contribution in [3.63, 3.8) is 0 Å². The van der Waals surface area contributed by atoms with Crippen molar-refractivity contribution in [2.75, 3.05) is 12.0 Å². The summed E-state index contributed by atoms with van der Waals surface area (Å²) in [5.74, 6) is 1.54. The highest BCUT2D eigenvalue weighted by atomic mass is 35.5. The Hall–Kier alpha value is -2.77. The maximum absolute atomic E-state index is 13.3. The van der Waals surface area contributed by atoms with E-state index in [-0.39, 0.29) is 11.9 Å². The van der Waals surface area contributed by atoms with Crippen LogP contribution >= 0.6 is 23.4 Å². The van der Waals surface area contributed by atoms with E-state index in [9.17, 15) is 4.79 Å². The number of aryl methyl sites for hydroxylation is 1. The van der Waals surface area contributed by atoms with E-state index in [1.165, 1.54) is 0 Å². The van der Waals surface area contributed by atoms with E-state index in [0.717, 1.165) is 40.3 Å². The summed E-state index contributed by atoms with van der Waals surface area (Å²) in [4.78, 5) is 21.4. The smallest absolute Gasteiger partial charge is 0.255 e. The highest BCUT2D eigenvalue weighted by molar-refractivity contribution is 7.98. The maximum Gasteiger partial charge on any atom is 0.255 e. The number of nitrogens with zero attached hydrogens (tertiary/aromatic N) is 3. The number of aromatic amines is 1. The molecule has 0 fully saturated rings. The number of fused-ring (bicyclic) bond motifs is 1. The second-order valence-electron chi connectivity index (χ2n) is 7.74. The van der Waals surface area contributed by atoms with E-state index in [1.807, 2.05) is 67.1 Å². The topological polar surface area (TPSA) is 75.6 Å². The molecule has 2 aromatic carbocycles. The molecule has 0 aliphatic carbocycles. The van der Waals surface area contributed by atoms with Gasteiger partial charge in [0.25, 0.3) is 5.91 Å². The van der Waals surface area contributed by atoms with Gasteiger partial charge in [-0.15, -0.1) is 0 Å². The molecule has 0 bridgehead atoms. The number of carbonyl (C=O) groups is 1. The summed E-state index contributed by atoms with van der Waals surface area (Å²) in [6, 6.07) is 15.4. The lowest BCUT2D eigenvalue weighted by molar-refractivity contribution is 0.0933. The van der Waals surface area contributed by atoms with Crippen LogP contribution in [0.2, 0.25) is 5.02 Å². The molecule has 1 atom stereocenters. The summed E-state index contributed by atoms with van der Waals surface area (Å²) in [5, 5.41) is 8.49. The molecule has 2 aromatic heterocycles. The molecule has 8 heteroatoms. The van der Waals surface area contributed by atoms with E-state index in [2.05, 4.69) is 21.7 Å². The highest BCUT2D eigenvalue weighted by Crippen LogP contribution is 2.23. The largest absolute Gasteiger partial charge is 0.342 e. The second kappa shape index (κ2) is 9.79. The molecular weight excluding hydrogens is 442 g/mol. The minimum Gasteiger partial charge on any atom is -0.342 e. The number of halogens is 1. The van der Waals surface area contributed by atoms with Crippen LogP contribution in [0.15, 0.2) is 48.5 Å². The van der Waals surface area contributed by atoms with Crippen molar-refractivity contribution in [2.45, 2.75) is 32.9 Å². The van der Waals surface area contributed by atoms with Gasteiger partial charge in [-0.05, 0) is 56.0 Å². The number of carbonyl (C=O) groups excluding carboxylic acids is 1. The van der Waals surface area contributed by atoms with Crippen molar-refractivity contribution in [3.8, 4) is 0 Å². The number of hydrogen-bond acceptors (Lipinski definition) is 4. The molecule has 4 rings (SSSR count). The number of nitrogens with one attached hydrogen (secondary N) is 2. The lowest BCUT2D eigenvalue weighted by Crippen LogP contribution is -2.30. The fraction of sp³-hybridized carbons (Fsp3) is 0.292. The maximum atomic E-state index is 13.3. The van der Waals surface area contributed by atoms with E-state index in [0.29, 0.717) is 22.8 Å². The van der Waals surface area contributed by atoms with Crippen LogP contribution in [0.5, 0.6) is 0 Å². The molecule has 2 heterocycles. The Morgan fingerprint density at radius 1 is 1.19 bits per heavy atom. The standard InChI is InChI=1S/C24H26ClN5OS/c1-15-22(16(2)30(29-15)14-17-8-4-5-9-18(17)25)24(31)28-21(12-13-32-3)23-26-19-10-6-7-11-20(19)27-23/h4-11,21H,12-14H2,1-3H3,(H,26,27)(H,28,31). The Kier molecular flexibility index (Phi) is 6.86. The fourth-order valence-corrected chi connectivity index (χ4v) is 4.52. The van der Waals surface area contributed by atoms with Gasteiger partial charge in [0.05, 0.1) is 34.9 Å². The number of thioether (sulfide) groups is 1. The van der Waals surface area contributed by atoms with Gasteiger partial charge in [0.15, 0.2) is 0 Å². The van der Waals surface area contributed by atoms with Crippen LogP contribution in [0.25, 0.3) is 11.0 Å². The third-order valence-electron chi connectivity index (χ3n) is 5.54. The van der Waals surface area contributed by atoms with Crippen molar-refractivity contribution < 1.29 is 4.79 Å². The van der Waals surface area contributed by atoms with E-state index in [1.54, 1.807) is 11.8 Å². The van der Waals surface area contributed by atoms with Gasteiger partial charge >= 0.3 is 0 Å². The number of aromatic nitrogens is 4. The van der Waals surface area contributed by atoms with E-state index in [4.69, 9.17) is 16.6 Å². The van der Waals surface area contributed by atoms with Crippen LogP contribution in [0.1, 0.15) is 45.6 Å². The second-order valence-corrected chi connectivity index (χ2v) is 9.13. The van der Waals surface area contributed by atoms with Crippen molar-refractivity contribution >= 4 is 40.3 Å². The third-order valence-corrected chi connectivity index (χ3v) is 6.55. The minimum absolute atomic E-state index is 0.142. The van der Waals surface area contributed by atoms with Gasteiger partial charge in [-0.3, -0.25) is 9.48 Å². The van der Waals surface area contributed by atoms with Crippen molar-refractivity contribution in [3.05, 3.63) is 81.9 Å². The molecule has 166 valence electrons. The van der Waals surface area contributed by atoms with Crippen LogP contribution in [0.4, 0.5) is 0 Å². The molecule has 0 aliphatic rings. The van der Waals surface area contributed by atoms with Crippen molar-refractivity contribution in [1.82, 2.24) is 25.1 Å². The third kappa shape index (κ3) is 4.69. The summed E-state index contributed by atoms with van der Waals surface area (Å²) in [6.07, 6.45) is 2.84. The van der Waals surface area contributed by atoms with Gasteiger partial charge in [0, 0.05) is 10.7 Å². The Bertz CT molecular complexity index is 1220. The van der Waals surface area contributed by atoms with Gasteiger partial charge in [-0.2, -0.15) is 16.9 Å². The van der Waals surface area contributed by atoms with Crippen LogP contribution < -0.4 is 5.32 Å². The summed E-state index contributed by atoms with van der Waals surface area (Å²) in [6.45, 7) is 4.30. The summed E-state index contributed by atoms with van der Waals surface area (Å²) in [7, 11) is 0. The molecule has 2 N–H and O–H groups in total. The van der Waals surface area contributed by atoms with Crippen molar-refractivity contribution in [2.24, 2.45) is 0 Å². The SMILES string of the molecule is CSCCC(NC(=O)c1c(C)nn(Cc2ccccc2Cl)c1C)c1nc2ccccc2[nH]1. The zero-order valence-electron chi connectivity index (χ0n) is 18.4. The first kappa shape index (κ1) is 22.4. The molecule has 0 saturated carbocycles. The molecule has 1 unspecified atom stereocenters. The van der Waals surface area contributed by atoms with Crippen LogP contribution in [-0.2, 0) is 6.54 Å². The monoisotopic (exact) mass is 467 g/mol. The average molecular weight is 468 g/mol. The predicted octanol–water partition coefficient (Wildman–Crippen LogP) is 5.30. The van der Waals surface area contributed by atoms with Crippen LogP contribution in [0, 0.1) is 13.8 Å². The number of benzene rings is 2. The summed E-state index contributed by atoms with van der Waals surface area (Å²) >= 11 is 8.07. The summed E-state index contributed by atoms with van der Waals surface area (Å²) < 4.78 is 1.84. The molecule has 0 spiro atoms. The van der Waals surface area contributed by atoms with Crippen LogP contribution in [-0.4, -0.2) is 37.7 Å². The first-order chi connectivity index (χ1) is 15.5. The number of para-hydroxylation sites is 2. The number of H-pyrrole nitrogens is 1. The normalized spacial score (nSPS) is 12.2. The number of imidazole rings is 1. The van der Waals surface area contributed by atoms with E-state index >= 15 is 0 Å². The van der Waals surface area contributed by atoms with Gasteiger partial charge in [-0.1, -0.05) is 41.9 Å². The molecular formula is C24H26ClN5OS. The number of rotatable bonds is 8. The Balaban J connectivity index is 1.59. The molecule has 0 radical (unpaired) electrons. The van der Waals surface area contributed by atoms with Gasteiger partial charge in [0.2, 0.25) is 0 Å².